The molecule has 1 rings (SSSR count). The fourth-order valence-electron chi connectivity index (χ4n) is 1.08. The van der Waals surface area contributed by atoms with Crippen LogP contribution in [0.15, 0.2) is 23.8 Å². The van der Waals surface area contributed by atoms with Crippen molar-refractivity contribution < 1.29 is 17.8 Å². The van der Waals surface area contributed by atoms with Crippen LogP contribution in [-0.4, -0.2) is 18.1 Å². The second kappa shape index (κ2) is 3.85. The van der Waals surface area contributed by atoms with E-state index in [4.69, 9.17) is 4.55 Å². The number of carbonyl (C=O) groups is 1. The summed E-state index contributed by atoms with van der Waals surface area (Å²) in [6.07, 6.45) is 6.69. The van der Waals surface area contributed by atoms with Crippen LogP contribution in [0.4, 0.5) is 0 Å². The Bertz CT molecular complexity index is 362. The molecule has 0 aromatic carbocycles. The zero-order chi connectivity index (χ0) is 9.90. The average Bonchev–Trinajstić information content (AvgIpc) is 2.04. The van der Waals surface area contributed by atoms with Crippen LogP contribution in [0.5, 0.6) is 0 Å². The third-order valence-electron chi connectivity index (χ3n) is 1.76. The molecule has 1 aliphatic carbocycles. The number of hydrogen-bond acceptors (Lipinski definition) is 3. The van der Waals surface area contributed by atoms with Gasteiger partial charge in [-0.25, -0.2) is 0 Å². The third-order valence-corrected chi connectivity index (χ3v) is 2.48. The first-order chi connectivity index (χ1) is 6.00. The van der Waals surface area contributed by atoms with E-state index in [9.17, 15) is 13.2 Å². The topological polar surface area (TPSA) is 71.4 Å². The first-order valence-corrected chi connectivity index (χ1v) is 5.29. The largest absolute Gasteiger partial charge is 0.329 e. The highest BCUT2D eigenvalue weighted by Crippen LogP contribution is 2.16. The van der Waals surface area contributed by atoms with Crippen molar-refractivity contribution in [3.8, 4) is 0 Å². The molecular weight excluding hydrogens is 192 g/mol. The maximum Gasteiger partial charge on any atom is 0.329 e. The van der Waals surface area contributed by atoms with Gasteiger partial charge in [-0.3, -0.25) is 9.35 Å². The van der Waals surface area contributed by atoms with Crippen molar-refractivity contribution in [1.82, 2.24) is 0 Å². The zero-order valence-corrected chi connectivity index (χ0v) is 7.75. The average molecular weight is 202 g/mol. The minimum atomic E-state index is -4.51. The molecule has 0 bridgehead atoms. The van der Waals surface area contributed by atoms with E-state index in [-0.39, 0.29) is 6.42 Å². The Morgan fingerprint density at radius 2 is 2.23 bits per heavy atom. The van der Waals surface area contributed by atoms with Crippen molar-refractivity contribution in [1.29, 1.82) is 0 Å². The minimum Gasteiger partial charge on any atom is -0.280 e. The first kappa shape index (κ1) is 10.1. The molecule has 0 spiro atoms. The fourth-order valence-corrected chi connectivity index (χ4v) is 1.44. The molecule has 0 unspecified atom stereocenters. The summed E-state index contributed by atoms with van der Waals surface area (Å²) in [7, 11) is -4.51. The lowest BCUT2D eigenvalue weighted by Gasteiger charge is -2.05. The summed E-state index contributed by atoms with van der Waals surface area (Å²) in [6.45, 7) is 0. The Hall–Kier alpha value is -0.940. The lowest BCUT2D eigenvalue weighted by atomic mass is 10.0. The van der Waals surface area contributed by atoms with E-state index in [0.717, 1.165) is 12.0 Å². The monoisotopic (exact) mass is 202 g/mol. The van der Waals surface area contributed by atoms with E-state index >= 15 is 0 Å². The van der Waals surface area contributed by atoms with Crippen LogP contribution in [-0.2, 0) is 14.9 Å². The molecule has 0 atom stereocenters. The minimum absolute atomic E-state index is 0.205. The molecule has 0 aliphatic heterocycles. The summed E-state index contributed by atoms with van der Waals surface area (Å²) in [6, 6.07) is 0. The van der Waals surface area contributed by atoms with Gasteiger partial charge >= 0.3 is 10.1 Å². The molecule has 0 radical (unpaired) electrons. The van der Waals surface area contributed by atoms with E-state index < -0.39 is 15.2 Å². The summed E-state index contributed by atoms with van der Waals surface area (Å²) in [5, 5.41) is -1.13. The summed E-state index contributed by atoms with van der Waals surface area (Å²) >= 11 is 0. The van der Waals surface area contributed by atoms with E-state index in [0.29, 0.717) is 6.42 Å². The van der Waals surface area contributed by atoms with Gasteiger partial charge in [-0.15, -0.1) is 0 Å². The molecule has 5 heteroatoms. The summed E-state index contributed by atoms with van der Waals surface area (Å²) in [5.74, 6) is 0. The maximum atomic E-state index is 10.8. The Kier molecular flexibility index (Phi) is 3.00. The lowest BCUT2D eigenvalue weighted by molar-refractivity contribution is -0.111. The van der Waals surface area contributed by atoms with Crippen LogP contribution in [0, 0.1) is 0 Å². The molecule has 1 N–H and O–H groups in total. The van der Waals surface area contributed by atoms with Crippen molar-refractivity contribution in [3.63, 3.8) is 0 Å². The van der Waals surface area contributed by atoms with Crippen LogP contribution >= 0.6 is 0 Å². The Labute approximate surface area is 76.7 Å². The molecule has 0 fully saturated rings. The second-order valence-electron chi connectivity index (χ2n) is 2.82. The maximum absolute atomic E-state index is 10.8. The first-order valence-electron chi connectivity index (χ1n) is 3.85. The molecule has 0 saturated heterocycles. The molecule has 0 aromatic heterocycles. The highest BCUT2D eigenvalue weighted by molar-refractivity contribution is 8.01. The SMILES string of the molecule is O=C(CC1=CC=CCC1)S(=O)(=O)O. The van der Waals surface area contributed by atoms with Crippen LogP contribution < -0.4 is 0 Å². The Balaban J connectivity index is 2.65. The fraction of sp³-hybridized carbons (Fsp3) is 0.375. The quantitative estimate of drug-likeness (QED) is 0.680. The molecule has 0 saturated carbocycles. The standard InChI is InChI=1S/C8H10O4S/c9-8(13(10,11)12)6-7-4-2-1-3-5-7/h1-2,4H,3,5-6H2,(H,10,11,12). The summed E-state index contributed by atoms with van der Waals surface area (Å²) < 4.78 is 29.1. The Morgan fingerprint density at radius 1 is 1.54 bits per heavy atom. The summed E-state index contributed by atoms with van der Waals surface area (Å²) in [5.41, 5.74) is 0.741. The molecule has 0 heterocycles. The molecule has 72 valence electrons. The van der Waals surface area contributed by atoms with Crippen molar-refractivity contribution in [3.05, 3.63) is 23.8 Å². The van der Waals surface area contributed by atoms with Crippen LogP contribution in [0.1, 0.15) is 19.3 Å². The molecular formula is C8H10O4S. The predicted octanol–water partition coefficient (Wildman–Crippen LogP) is 1.07. The predicted molar refractivity (Wildman–Crippen MR) is 47.6 cm³/mol. The van der Waals surface area contributed by atoms with Gasteiger partial charge < -0.3 is 0 Å². The number of allylic oxidation sites excluding steroid dienone is 4. The van der Waals surface area contributed by atoms with Gasteiger partial charge in [0.05, 0.1) is 0 Å². The number of rotatable bonds is 2. The number of carbonyl (C=O) groups excluding carboxylic acids is 1. The van der Waals surface area contributed by atoms with E-state index in [1.54, 1.807) is 12.2 Å². The van der Waals surface area contributed by atoms with Crippen molar-refractivity contribution in [2.45, 2.75) is 19.3 Å². The Morgan fingerprint density at radius 3 is 2.69 bits per heavy atom. The molecule has 0 aromatic rings. The van der Waals surface area contributed by atoms with Crippen molar-refractivity contribution >= 4 is 15.2 Å². The van der Waals surface area contributed by atoms with Gasteiger partial charge in [-0.2, -0.15) is 8.42 Å². The van der Waals surface area contributed by atoms with Gasteiger partial charge in [-0.05, 0) is 12.8 Å². The molecule has 13 heavy (non-hydrogen) atoms. The molecule has 4 nitrogen and oxygen atoms in total. The van der Waals surface area contributed by atoms with Crippen molar-refractivity contribution in [2.75, 3.05) is 0 Å². The van der Waals surface area contributed by atoms with Crippen molar-refractivity contribution in [2.24, 2.45) is 0 Å². The van der Waals surface area contributed by atoms with Gasteiger partial charge in [0.2, 0.25) is 0 Å². The third kappa shape index (κ3) is 3.12. The summed E-state index contributed by atoms with van der Waals surface area (Å²) in [4.78, 5) is 10.8. The van der Waals surface area contributed by atoms with Gasteiger partial charge in [0.1, 0.15) is 0 Å². The van der Waals surface area contributed by atoms with Gasteiger partial charge in [-0.1, -0.05) is 23.8 Å². The second-order valence-corrected chi connectivity index (χ2v) is 4.22. The molecule has 1 aliphatic rings. The van der Waals surface area contributed by atoms with E-state index in [1.807, 2.05) is 6.08 Å². The smallest absolute Gasteiger partial charge is 0.280 e. The van der Waals surface area contributed by atoms with E-state index in [2.05, 4.69) is 0 Å². The molecule has 0 amide bonds. The van der Waals surface area contributed by atoms with E-state index in [1.165, 1.54) is 0 Å². The zero-order valence-electron chi connectivity index (χ0n) is 6.93. The highest BCUT2D eigenvalue weighted by Gasteiger charge is 2.19. The lowest BCUT2D eigenvalue weighted by Crippen LogP contribution is -2.13. The normalized spacial score (nSPS) is 16.8. The van der Waals surface area contributed by atoms with Gasteiger partial charge in [0.25, 0.3) is 5.12 Å². The highest BCUT2D eigenvalue weighted by atomic mass is 32.2. The van der Waals surface area contributed by atoms with Crippen LogP contribution in [0.2, 0.25) is 0 Å². The van der Waals surface area contributed by atoms with Crippen LogP contribution in [0.25, 0.3) is 0 Å². The van der Waals surface area contributed by atoms with Gasteiger partial charge in [0, 0.05) is 6.42 Å². The van der Waals surface area contributed by atoms with Gasteiger partial charge in [0.15, 0.2) is 0 Å². The number of hydrogen-bond donors (Lipinski definition) is 1. The van der Waals surface area contributed by atoms with Crippen LogP contribution in [0.3, 0.4) is 0 Å².